The first-order chi connectivity index (χ1) is 6.56. The summed E-state index contributed by atoms with van der Waals surface area (Å²) in [6.07, 6.45) is 2.72. The van der Waals surface area contributed by atoms with Gasteiger partial charge in [-0.1, -0.05) is 13.0 Å². The van der Waals surface area contributed by atoms with Crippen LogP contribution in [0.25, 0.3) is 0 Å². The fourth-order valence-corrected chi connectivity index (χ4v) is 0.296. The Balaban J connectivity index is 0. The van der Waals surface area contributed by atoms with Gasteiger partial charge in [0.25, 0.3) is 0 Å². The molecule has 0 rings (SSSR count). The highest BCUT2D eigenvalue weighted by Crippen LogP contribution is 2.19. The normalized spacial score (nSPS) is 13.2. The molecule has 15 heavy (non-hydrogen) atoms. The van der Waals surface area contributed by atoms with Gasteiger partial charge in [-0.2, -0.15) is 0 Å². The van der Waals surface area contributed by atoms with Crippen molar-refractivity contribution in [1.29, 1.82) is 0 Å². The molecular formula is C11H24BNO2. The highest BCUT2D eigenvalue weighted by Gasteiger charge is 2.31. The summed E-state index contributed by atoms with van der Waals surface area (Å²) in [6.45, 7) is 8.86. The van der Waals surface area contributed by atoms with Gasteiger partial charge in [-0.25, -0.2) is 0 Å². The fraction of sp³-hybridized carbons (Fsp3) is 0.818. The van der Waals surface area contributed by atoms with E-state index >= 15 is 0 Å². The molecule has 0 spiro atoms. The van der Waals surface area contributed by atoms with Gasteiger partial charge in [-0.05, 0) is 34.1 Å². The van der Waals surface area contributed by atoms with Gasteiger partial charge in [-0.15, -0.1) is 5.47 Å². The molecule has 0 aliphatic heterocycles. The smallest absolute Gasteiger partial charge is 0.107 e. The van der Waals surface area contributed by atoms with Crippen LogP contribution in [-0.2, 0) is 0 Å². The van der Waals surface area contributed by atoms with Gasteiger partial charge in [-0.3, -0.25) is 0 Å². The quantitative estimate of drug-likeness (QED) is 0.611. The second-order valence-corrected chi connectivity index (χ2v) is 4.49. The fourth-order valence-electron chi connectivity index (χ4n) is 0.296. The Kier molecular flexibility index (Phi) is 8.02. The number of hydrogen-bond acceptors (Lipinski definition) is 3. The summed E-state index contributed by atoms with van der Waals surface area (Å²) in [7, 11) is 5.36. The van der Waals surface area contributed by atoms with Crippen molar-refractivity contribution in [1.82, 2.24) is 0 Å². The van der Waals surface area contributed by atoms with Crippen LogP contribution in [0.2, 0.25) is 0 Å². The molecule has 0 aliphatic carbocycles. The van der Waals surface area contributed by atoms with Crippen molar-refractivity contribution in [3.63, 3.8) is 0 Å². The summed E-state index contributed by atoms with van der Waals surface area (Å²) >= 11 is 0. The molecule has 0 unspecified atom stereocenters. The van der Waals surface area contributed by atoms with Crippen molar-refractivity contribution in [2.75, 3.05) is 6.54 Å². The molecule has 0 aromatic heterocycles. The molecule has 0 saturated heterocycles. The zero-order chi connectivity index (χ0) is 12.7. The van der Waals surface area contributed by atoms with Gasteiger partial charge in [0.15, 0.2) is 0 Å². The van der Waals surface area contributed by atoms with Crippen LogP contribution in [0.15, 0.2) is 11.5 Å². The molecule has 0 saturated carbocycles. The Morgan fingerprint density at radius 2 is 1.53 bits per heavy atom. The predicted molar refractivity (Wildman–Crippen MR) is 65.8 cm³/mol. The molecule has 0 atom stereocenters. The van der Waals surface area contributed by atoms with E-state index in [0.29, 0.717) is 6.54 Å². The first-order valence-electron chi connectivity index (χ1n) is 5.15. The van der Waals surface area contributed by atoms with Crippen LogP contribution < -0.4 is 5.73 Å². The maximum atomic E-state index is 9.10. The molecular weight excluding hydrogens is 189 g/mol. The molecule has 0 fully saturated rings. The van der Waals surface area contributed by atoms with E-state index in [2.05, 4.69) is 0 Å². The molecule has 4 heteroatoms. The van der Waals surface area contributed by atoms with Crippen molar-refractivity contribution < 1.29 is 10.2 Å². The van der Waals surface area contributed by atoms with E-state index in [1.165, 1.54) is 0 Å². The lowest BCUT2D eigenvalue weighted by Gasteiger charge is -2.31. The Labute approximate surface area is 94.8 Å². The number of aliphatic hydroxyl groups is 2. The van der Waals surface area contributed by atoms with E-state index in [4.69, 9.17) is 23.8 Å². The van der Waals surface area contributed by atoms with E-state index in [1.807, 2.05) is 13.0 Å². The highest BCUT2D eigenvalue weighted by atomic mass is 16.3. The van der Waals surface area contributed by atoms with Crippen LogP contribution in [-0.4, -0.2) is 35.8 Å². The van der Waals surface area contributed by atoms with Crippen molar-refractivity contribution in [2.24, 2.45) is 5.73 Å². The van der Waals surface area contributed by atoms with Crippen LogP contribution in [0.4, 0.5) is 0 Å². The Bertz CT molecular complexity index is 178. The average Bonchev–Trinajstić information content (AvgIpc) is 2.02. The Morgan fingerprint density at radius 1 is 1.20 bits per heavy atom. The molecule has 0 aromatic rings. The van der Waals surface area contributed by atoms with Crippen LogP contribution >= 0.6 is 0 Å². The first kappa shape index (κ1) is 17.1. The monoisotopic (exact) mass is 213 g/mol. The van der Waals surface area contributed by atoms with Gasteiger partial charge >= 0.3 is 0 Å². The van der Waals surface area contributed by atoms with Gasteiger partial charge in [0.05, 0.1) is 11.2 Å². The predicted octanol–water partition coefficient (Wildman–Crippen LogP) is 0.936. The summed E-state index contributed by atoms with van der Waals surface area (Å²) in [5.74, 6) is 0. The zero-order valence-corrected chi connectivity index (χ0v) is 10.5. The summed E-state index contributed by atoms with van der Waals surface area (Å²) in [6, 6.07) is 0. The van der Waals surface area contributed by atoms with Gasteiger partial charge in [0, 0.05) is 6.54 Å². The second kappa shape index (κ2) is 7.04. The largest absolute Gasteiger partial charge is 0.387 e. The maximum Gasteiger partial charge on any atom is 0.107 e. The summed E-state index contributed by atoms with van der Waals surface area (Å²) in [5.41, 5.74) is 4.01. The summed E-state index contributed by atoms with van der Waals surface area (Å²) in [4.78, 5) is 0. The zero-order valence-electron chi connectivity index (χ0n) is 10.5. The highest BCUT2D eigenvalue weighted by molar-refractivity contribution is 6.21. The van der Waals surface area contributed by atoms with Gasteiger partial charge in [0.1, 0.15) is 7.85 Å². The molecule has 0 amide bonds. The van der Waals surface area contributed by atoms with Gasteiger partial charge in [0.2, 0.25) is 0 Å². The standard InChI is InChI=1S/C6H14O2.C5H10BN/c1-5(2,7)6(3,4)8;1-2-5(6)3-4-7/h7-8H,1-4H3;3H,2,4,7H2,1H3/b;5-3+. The first-order valence-corrected chi connectivity index (χ1v) is 5.15. The Morgan fingerprint density at radius 3 is 1.60 bits per heavy atom. The van der Waals surface area contributed by atoms with E-state index < -0.39 is 11.2 Å². The lowest BCUT2D eigenvalue weighted by atomic mass is 9.90. The molecule has 2 radical (unpaired) electrons. The third-order valence-corrected chi connectivity index (χ3v) is 2.29. The SMILES string of the molecule is CC(C)(O)C(C)(C)O.[B]/C(=C/CN)CC. The maximum absolute atomic E-state index is 9.10. The Hall–Kier alpha value is -0.315. The molecule has 4 N–H and O–H groups in total. The minimum absolute atomic E-state index is 0.555. The second-order valence-electron chi connectivity index (χ2n) is 4.49. The number of allylic oxidation sites excluding steroid dienone is 1. The molecule has 0 aromatic carbocycles. The van der Waals surface area contributed by atoms with E-state index in [-0.39, 0.29) is 0 Å². The minimum atomic E-state index is -1.01. The van der Waals surface area contributed by atoms with E-state index in [9.17, 15) is 0 Å². The number of hydrogen-bond donors (Lipinski definition) is 3. The van der Waals surface area contributed by atoms with Crippen LogP contribution in [0, 0.1) is 0 Å². The van der Waals surface area contributed by atoms with Crippen molar-refractivity contribution >= 4 is 7.85 Å². The lowest BCUT2D eigenvalue weighted by molar-refractivity contribution is -0.107. The number of rotatable bonds is 3. The third-order valence-electron chi connectivity index (χ3n) is 2.29. The topological polar surface area (TPSA) is 66.5 Å². The van der Waals surface area contributed by atoms with Gasteiger partial charge < -0.3 is 15.9 Å². The van der Waals surface area contributed by atoms with Crippen LogP contribution in [0.1, 0.15) is 41.0 Å². The van der Waals surface area contributed by atoms with Crippen molar-refractivity contribution in [3.05, 3.63) is 11.5 Å². The summed E-state index contributed by atoms with van der Waals surface area (Å²) < 4.78 is 0. The van der Waals surface area contributed by atoms with Crippen molar-refractivity contribution in [3.8, 4) is 0 Å². The lowest BCUT2D eigenvalue weighted by Crippen LogP contribution is -2.44. The van der Waals surface area contributed by atoms with Crippen LogP contribution in [0.3, 0.4) is 0 Å². The molecule has 0 aliphatic rings. The number of nitrogens with two attached hydrogens (primary N) is 1. The third kappa shape index (κ3) is 9.98. The molecule has 88 valence electrons. The average molecular weight is 213 g/mol. The van der Waals surface area contributed by atoms with Crippen molar-refractivity contribution in [2.45, 2.75) is 52.2 Å². The van der Waals surface area contributed by atoms with E-state index in [1.54, 1.807) is 27.7 Å². The molecule has 3 nitrogen and oxygen atoms in total. The van der Waals surface area contributed by atoms with Crippen LogP contribution in [0.5, 0.6) is 0 Å². The minimum Gasteiger partial charge on any atom is -0.387 e. The van der Waals surface area contributed by atoms with E-state index in [0.717, 1.165) is 11.9 Å². The summed E-state index contributed by atoms with van der Waals surface area (Å²) in [5, 5.41) is 18.2. The molecule has 0 heterocycles. The molecule has 0 bridgehead atoms.